The van der Waals surface area contributed by atoms with Crippen LogP contribution in [0.5, 0.6) is 0 Å². The summed E-state index contributed by atoms with van der Waals surface area (Å²) in [6.45, 7) is 0. The van der Waals surface area contributed by atoms with Gasteiger partial charge in [-0.2, -0.15) is 0 Å². The second kappa shape index (κ2) is 2.41. The zero-order chi connectivity index (χ0) is 6.85. The van der Waals surface area contributed by atoms with Crippen molar-refractivity contribution in [2.45, 2.75) is 6.04 Å². The number of hydrogen-bond donors (Lipinski definition) is 2. The minimum absolute atomic E-state index is 0.0684. The van der Waals surface area contributed by atoms with Gasteiger partial charge in [-0.3, -0.25) is 0 Å². The molecule has 0 aromatic rings. The Morgan fingerprint density at radius 1 is 2.00 bits per heavy atom. The van der Waals surface area contributed by atoms with Crippen LogP contribution >= 0.6 is 11.8 Å². The lowest BCUT2D eigenvalue weighted by Crippen LogP contribution is -2.15. The number of carbonyl (C=O) groups is 1. The predicted octanol–water partition coefficient (Wildman–Crippen LogP) is 0.0290. The SMILES string of the molecule is NC1C=C(C(=O)O)SC1. The summed E-state index contributed by atoms with van der Waals surface area (Å²) in [7, 11) is 0. The van der Waals surface area contributed by atoms with Crippen LogP contribution in [0.25, 0.3) is 0 Å². The summed E-state index contributed by atoms with van der Waals surface area (Å²) >= 11 is 1.30. The van der Waals surface area contributed by atoms with Gasteiger partial charge in [0.05, 0.1) is 4.91 Å². The third kappa shape index (κ3) is 1.46. The topological polar surface area (TPSA) is 63.3 Å². The number of carboxylic acids is 1. The highest BCUT2D eigenvalue weighted by molar-refractivity contribution is 8.04. The molecule has 1 rings (SSSR count). The van der Waals surface area contributed by atoms with Crippen LogP contribution in [0.15, 0.2) is 11.0 Å². The molecule has 1 unspecified atom stereocenters. The van der Waals surface area contributed by atoms with Gasteiger partial charge in [0.1, 0.15) is 0 Å². The van der Waals surface area contributed by atoms with Gasteiger partial charge in [0.25, 0.3) is 0 Å². The molecule has 0 fully saturated rings. The highest BCUT2D eigenvalue weighted by Crippen LogP contribution is 2.23. The molecule has 9 heavy (non-hydrogen) atoms. The Labute approximate surface area is 56.9 Å². The summed E-state index contributed by atoms with van der Waals surface area (Å²) in [6, 6.07) is -0.0684. The highest BCUT2D eigenvalue weighted by atomic mass is 32.2. The van der Waals surface area contributed by atoms with E-state index in [-0.39, 0.29) is 6.04 Å². The van der Waals surface area contributed by atoms with Gasteiger partial charge in [-0.15, -0.1) is 11.8 Å². The Morgan fingerprint density at radius 3 is 2.89 bits per heavy atom. The second-order valence-corrected chi connectivity index (χ2v) is 2.87. The second-order valence-electron chi connectivity index (χ2n) is 1.81. The smallest absolute Gasteiger partial charge is 0.341 e. The molecule has 0 bridgehead atoms. The molecule has 1 heterocycles. The normalized spacial score (nSPS) is 25.9. The summed E-state index contributed by atoms with van der Waals surface area (Å²) in [5, 5.41) is 8.39. The van der Waals surface area contributed by atoms with Gasteiger partial charge in [-0.25, -0.2) is 4.79 Å². The van der Waals surface area contributed by atoms with Crippen molar-refractivity contribution >= 4 is 17.7 Å². The summed E-state index contributed by atoms with van der Waals surface area (Å²) in [4.78, 5) is 10.6. The first-order chi connectivity index (χ1) is 4.20. The molecule has 0 amide bonds. The number of hydrogen-bond acceptors (Lipinski definition) is 3. The fourth-order valence-corrected chi connectivity index (χ4v) is 1.47. The Balaban J connectivity index is 2.62. The van der Waals surface area contributed by atoms with E-state index in [1.165, 1.54) is 11.8 Å². The van der Waals surface area contributed by atoms with Crippen molar-refractivity contribution < 1.29 is 9.90 Å². The van der Waals surface area contributed by atoms with E-state index < -0.39 is 5.97 Å². The first-order valence-corrected chi connectivity index (χ1v) is 3.52. The summed E-state index contributed by atoms with van der Waals surface area (Å²) in [5.74, 6) is -0.172. The average molecular weight is 145 g/mol. The maximum Gasteiger partial charge on any atom is 0.341 e. The molecule has 0 aliphatic carbocycles. The van der Waals surface area contributed by atoms with Crippen molar-refractivity contribution in [3.63, 3.8) is 0 Å². The van der Waals surface area contributed by atoms with Crippen LogP contribution < -0.4 is 5.73 Å². The molecule has 4 heteroatoms. The van der Waals surface area contributed by atoms with E-state index in [4.69, 9.17) is 10.8 Å². The third-order valence-corrected chi connectivity index (χ3v) is 2.18. The first-order valence-electron chi connectivity index (χ1n) is 2.53. The van der Waals surface area contributed by atoms with Gasteiger partial charge in [-0.1, -0.05) is 0 Å². The number of nitrogens with two attached hydrogens (primary N) is 1. The molecule has 3 nitrogen and oxygen atoms in total. The minimum Gasteiger partial charge on any atom is -0.477 e. The predicted molar refractivity (Wildman–Crippen MR) is 36.2 cm³/mol. The first kappa shape index (κ1) is 6.64. The van der Waals surface area contributed by atoms with E-state index in [2.05, 4.69) is 0 Å². The molecule has 0 saturated carbocycles. The highest BCUT2D eigenvalue weighted by Gasteiger charge is 2.17. The molecule has 0 spiro atoms. The maximum absolute atomic E-state index is 10.2. The van der Waals surface area contributed by atoms with E-state index in [9.17, 15) is 4.79 Å². The fourth-order valence-electron chi connectivity index (χ4n) is 0.610. The summed E-state index contributed by atoms with van der Waals surface area (Å²) in [5.41, 5.74) is 5.40. The third-order valence-electron chi connectivity index (χ3n) is 1.01. The molecule has 1 aliphatic heterocycles. The largest absolute Gasteiger partial charge is 0.477 e. The summed E-state index contributed by atoms with van der Waals surface area (Å²) in [6.07, 6.45) is 1.58. The standard InChI is InChI=1S/C5H7NO2S/c6-3-1-4(5(7)8)9-2-3/h1,3H,2,6H2,(H,7,8). The van der Waals surface area contributed by atoms with Crippen LogP contribution in [0.2, 0.25) is 0 Å². The van der Waals surface area contributed by atoms with E-state index >= 15 is 0 Å². The van der Waals surface area contributed by atoms with Crippen LogP contribution in [-0.2, 0) is 4.79 Å². The van der Waals surface area contributed by atoms with E-state index in [1.807, 2.05) is 0 Å². The lowest BCUT2D eigenvalue weighted by Gasteiger charge is -1.89. The lowest BCUT2D eigenvalue weighted by atomic mass is 10.3. The number of rotatable bonds is 1. The van der Waals surface area contributed by atoms with Gasteiger partial charge in [0, 0.05) is 11.8 Å². The van der Waals surface area contributed by atoms with Crippen LogP contribution in [-0.4, -0.2) is 22.9 Å². The molecule has 0 radical (unpaired) electrons. The Kier molecular flexibility index (Phi) is 1.78. The summed E-state index contributed by atoms with van der Waals surface area (Å²) < 4.78 is 0. The van der Waals surface area contributed by atoms with Crippen molar-refractivity contribution in [2.75, 3.05) is 5.75 Å². The maximum atomic E-state index is 10.2. The van der Waals surface area contributed by atoms with Gasteiger partial charge >= 0.3 is 5.97 Å². The van der Waals surface area contributed by atoms with Crippen LogP contribution in [0.1, 0.15) is 0 Å². The van der Waals surface area contributed by atoms with Gasteiger partial charge in [0.2, 0.25) is 0 Å². The van der Waals surface area contributed by atoms with Crippen LogP contribution in [0, 0.1) is 0 Å². The van der Waals surface area contributed by atoms with E-state index in [0.29, 0.717) is 10.7 Å². The Morgan fingerprint density at radius 2 is 2.67 bits per heavy atom. The Hall–Kier alpha value is -0.480. The molecule has 50 valence electrons. The molecular weight excluding hydrogens is 138 g/mol. The minimum atomic E-state index is -0.868. The van der Waals surface area contributed by atoms with Gasteiger partial charge in [0.15, 0.2) is 0 Å². The molecule has 0 aromatic carbocycles. The van der Waals surface area contributed by atoms with E-state index in [1.54, 1.807) is 6.08 Å². The van der Waals surface area contributed by atoms with Crippen LogP contribution in [0.3, 0.4) is 0 Å². The van der Waals surface area contributed by atoms with Crippen molar-refractivity contribution in [1.29, 1.82) is 0 Å². The molecule has 0 aromatic heterocycles. The van der Waals surface area contributed by atoms with Crippen molar-refractivity contribution in [2.24, 2.45) is 5.73 Å². The zero-order valence-corrected chi connectivity index (χ0v) is 5.52. The van der Waals surface area contributed by atoms with E-state index in [0.717, 1.165) is 0 Å². The number of aliphatic carboxylic acids is 1. The van der Waals surface area contributed by atoms with Gasteiger partial charge < -0.3 is 10.8 Å². The van der Waals surface area contributed by atoms with Crippen molar-refractivity contribution in [1.82, 2.24) is 0 Å². The molecule has 1 aliphatic rings. The average Bonchev–Trinajstić information content (AvgIpc) is 2.14. The molecule has 1 atom stereocenters. The quantitative estimate of drug-likeness (QED) is 0.546. The molecular formula is C5H7NO2S. The number of carboxylic acid groups (broad SMARTS) is 1. The fraction of sp³-hybridized carbons (Fsp3) is 0.400. The number of thioether (sulfide) groups is 1. The molecule has 3 N–H and O–H groups in total. The monoisotopic (exact) mass is 145 g/mol. The Bertz CT molecular complexity index is 166. The van der Waals surface area contributed by atoms with Crippen LogP contribution in [0.4, 0.5) is 0 Å². The molecule has 0 saturated heterocycles. The zero-order valence-electron chi connectivity index (χ0n) is 4.70. The van der Waals surface area contributed by atoms with Gasteiger partial charge in [-0.05, 0) is 6.08 Å². The van der Waals surface area contributed by atoms with Crippen molar-refractivity contribution in [3.05, 3.63) is 11.0 Å². The van der Waals surface area contributed by atoms with Crippen molar-refractivity contribution in [3.8, 4) is 0 Å². The lowest BCUT2D eigenvalue weighted by molar-refractivity contribution is -0.131.